The fraction of sp³-hybridized carbons (Fsp3) is 0.707. The standard InChI is InChI=1S/C58H85ClN2O14/c1-32-27-41(17-20-44(32)59)61-45-21-19-43(75-61)28-36(5)49(70-9)30-42-18-15-39(8)58(69,74-42)55(66)56(67)60-23-13-12-14-46(60)57(68)73-50(35(4)26-40-16-22-47(62)51(29-40)71-10)31-48(63)34(3)25-38(7)53(65)54(72-11)52(64)37(6)24-33(45)2/h17,19-21,25,27-28,33-35,37,39-40,42-43,45-47,49-51,53-54,62,65,69H,12-16,18,22-24,26,29-31H2,1-11H3/b36-28?,38-25+/t33-,34+,35+,37+,39+,40-,42-,43?,45?,46-,47+,49-,50-,51+,53+,54-,58+/m0/s1. The number of esters is 1. The van der Waals surface area contributed by atoms with Gasteiger partial charge in [-0.25, -0.2) is 9.86 Å². The third-order valence-electron chi connectivity index (χ3n) is 16.9. The Morgan fingerprint density at radius 3 is 2.27 bits per heavy atom. The number of allylic oxidation sites excluding steroid dienone is 1. The number of amides is 1. The maximum atomic E-state index is 14.5. The highest BCUT2D eigenvalue weighted by atomic mass is 35.5. The molecule has 6 aliphatic rings. The predicted octanol–water partition coefficient (Wildman–Crippen LogP) is 7.78. The number of halogens is 1. The van der Waals surface area contributed by atoms with Crippen LogP contribution in [0.3, 0.4) is 0 Å². The van der Waals surface area contributed by atoms with E-state index in [1.807, 2.05) is 70.0 Å². The first-order chi connectivity index (χ1) is 35.5. The molecule has 5 heterocycles. The highest BCUT2D eigenvalue weighted by Crippen LogP contribution is 2.39. The van der Waals surface area contributed by atoms with Gasteiger partial charge in [-0.3, -0.25) is 24.0 Å². The Labute approximate surface area is 449 Å². The SMILES string of the molecule is CO[C@H]1C[C@@H]2CC[C@@H](C)[C@@](O)(O2)C(=O)C(=O)N2CCCC[C@H]2C(=O)O[C@H]([C@H](C)C[C@@H]2CC[C@@H](O)[C@H](OC)C2)CC(=O)[C@H](C)/C=C(\C)[C@@H](O)[C@@H](OC)C(=O)[C@H](C)C[C@H](C)C2C=CC(C=C1C)ON2c1ccc(Cl)c(C)c1. The third-order valence-corrected chi connectivity index (χ3v) is 17.3. The molecule has 0 aromatic heterocycles. The highest BCUT2D eigenvalue weighted by Gasteiger charge is 2.53. The summed E-state index contributed by atoms with van der Waals surface area (Å²) in [5, 5.41) is 36.9. The zero-order valence-corrected chi connectivity index (χ0v) is 46.8. The van der Waals surface area contributed by atoms with Crippen molar-refractivity contribution in [3.63, 3.8) is 0 Å². The number of aryl methyl sites for hydroxylation is 1. The number of fused-ring (bicyclic) bond motifs is 16. The number of aliphatic hydroxyl groups excluding tert-OH is 2. The van der Waals surface area contributed by atoms with Gasteiger partial charge >= 0.3 is 5.97 Å². The van der Waals surface area contributed by atoms with Gasteiger partial charge in [-0.2, -0.15) is 0 Å². The fourth-order valence-electron chi connectivity index (χ4n) is 12.0. The molecule has 16 nitrogen and oxygen atoms in total. The van der Waals surface area contributed by atoms with Crippen molar-refractivity contribution in [3.05, 3.63) is 64.2 Å². The van der Waals surface area contributed by atoms with Crippen molar-refractivity contribution in [2.45, 2.75) is 199 Å². The maximum absolute atomic E-state index is 14.5. The molecule has 7 rings (SSSR count). The summed E-state index contributed by atoms with van der Waals surface area (Å²) in [6.07, 6.45) is 6.19. The average molecular weight is 1070 g/mol. The van der Waals surface area contributed by atoms with Crippen LogP contribution in [-0.2, 0) is 52.5 Å². The number of methoxy groups -OCH3 is 3. The van der Waals surface area contributed by atoms with Gasteiger partial charge in [0.25, 0.3) is 11.7 Å². The van der Waals surface area contributed by atoms with Crippen LogP contribution in [0.5, 0.6) is 0 Å². The molecule has 1 aromatic rings. The van der Waals surface area contributed by atoms with Crippen LogP contribution >= 0.6 is 11.6 Å². The lowest BCUT2D eigenvalue weighted by Crippen LogP contribution is -2.61. The number of hydrogen-bond donors (Lipinski definition) is 3. The van der Waals surface area contributed by atoms with Crippen molar-refractivity contribution in [3.8, 4) is 0 Å². The Balaban J connectivity index is 1.36. The largest absolute Gasteiger partial charge is 0.460 e. The van der Waals surface area contributed by atoms with E-state index >= 15 is 0 Å². The number of hydroxylamine groups is 1. The second kappa shape index (κ2) is 26.7. The number of carbonyl (C=O) groups is 5. The molecule has 0 radical (unpaired) electrons. The molecule has 17 atom stereocenters. The number of benzene rings is 1. The Bertz CT molecular complexity index is 2270. The molecule has 418 valence electrons. The van der Waals surface area contributed by atoms with Crippen LogP contribution in [0.25, 0.3) is 0 Å². The Hall–Kier alpha value is -3.84. The van der Waals surface area contributed by atoms with Crippen molar-refractivity contribution in [2.24, 2.45) is 35.5 Å². The number of rotatable bonds is 7. The lowest BCUT2D eigenvalue weighted by atomic mass is 9.78. The highest BCUT2D eigenvalue weighted by molar-refractivity contribution is 6.39. The van der Waals surface area contributed by atoms with E-state index in [0.717, 1.165) is 16.8 Å². The van der Waals surface area contributed by atoms with Crippen molar-refractivity contribution in [2.75, 3.05) is 32.9 Å². The molecule has 75 heavy (non-hydrogen) atoms. The van der Waals surface area contributed by atoms with Gasteiger partial charge in [0.2, 0.25) is 5.79 Å². The fourth-order valence-corrected chi connectivity index (χ4v) is 12.1. The molecule has 5 aliphatic heterocycles. The molecule has 0 spiro atoms. The van der Waals surface area contributed by atoms with E-state index < -0.39 is 90.0 Å². The number of nitrogens with zero attached hydrogens (tertiary/aromatic N) is 2. The van der Waals surface area contributed by atoms with E-state index in [1.54, 1.807) is 41.1 Å². The van der Waals surface area contributed by atoms with Gasteiger partial charge in [0.1, 0.15) is 36.2 Å². The van der Waals surface area contributed by atoms with Crippen LogP contribution in [0.15, 0.2) is 53.6 Å². The first kappa shape index (κ1) is 60.4. The van der Waals surface area contributed by atoms with E-state index in [9.17, 15) is 39.3 Å². The second-order valence-electron chi connectivity index (χ2n) is 22.5. The lowest BCUT2D eigenvalue weighted by molar-refractivity contribution is -0.265. The van der Waals surface area contributed by atoms with Gasteiger partial charge in [-0.15, -0.1) is 0 Å². The Kier molecular flexibility index (Phi) is 21.5. The number of aliphatic hydroxyl groups is 3. The van der Waals surface area contributed by atoms with Crippen LogP contribution in [0.2, 0.25) is 5.02 Å². The monoisotopic (exact) mass is 1070 g/mol. The summed E-state index contributed by atoms with van der Waals surface area (Å²) >= 11 is 6.49. The first-order valence-electron chi connectivity index (χ1n) is 27.3. The first-order valence-corrected chi connectivity index (χ1v) is 27.6. The number of carbonyl (C=O) groups excluding carboxylic acids is 5. The molecule has 1 saturated carbocycles. The van der Waals surface area contributed by atoms with Crippen molar-refractivity contribution in [1.82, 2.24) is 4.90 Å². The topological polar surface area (TPSA) is 208 Å². The quantitative estimate of drug-likeness (QED) is 0.135. The molecule has 2 saturated heterocycles. The van der Waals surface area contributed by atoms with E-state index in [1.165, 1.54) is 12.0 Å². The second-order valence-corrected chi connectivity index (χ2v) is 22.9. The molecule has 4 bridgehead atoms. The van der Waals surface area contributed by atoms with Gasteiger partial charge < -0.3 is 43.9 Å². The maximum Gasteiger partial charge on any atom is 0.329 e. The third kappa shape index (κ3) is 14.5. The van der Waals surface area contributed by atoms with Crippen LogP contribution in [0.4, 0.5) is 5.69 Å². The molecule has 1 aliphatic carbocycles. The predicted molar refractivity (Wildman–Crippen MR) is 283 cm³/mol. The van der Waals surface area contributed by atoms with E-state index in [4.69, 9.17) is 40.1 Å². The molecule has 2 unspecified atom stereocenters. The van der Waals surface area contributed by atoms with Crippen LogP contribution in [0.1, 0.15) is 131 Å². The summed E-state index contributed by atoms with van der Waals surface area (Å²) in [5.74, 6) is -8.58. The van der Waals surface area contributed by atoms with Gasteiger partial charge in [-0.05, 0) is 144 Å². The molecular formula is C58H85ClN2O14. The minimum atomic E-state index is -2.49. The summed E-state index contributed by atoms with van der Waals surface area (Å²) in [5.41, 5.74) is 2.76. The number of ketones is 3. The zero-order valence-electron chi connectivity index (χ0n) is 46.1. The Morgan fingerprint density at radius 1 is 0.853 bits per heavy atom. The summed E-state index contributed by atoms with van der Waals surface area (Å²) in [6, 6.07) is 4.13. The number of Topliss-reactive ketones (excluding diaryl/α,β-unsaturated/α-hetero) is 3. The van der Waals surface area contributed by atoms with Crippen molar-refractivity contribution >= 4 is 46.5 Å². The normalized spacial score (nSPS) is 37.9. The summed E-state index contributed by atoms with van der Waals surface area (Å²) < 4.78 is 29.9. The van der Waals surface area contributed by atoms with Crippen molar-refractivity contribution in [1.29, 1.82) is 0 Å². The molecule has 3 fully saturated rings. The molecule has 17 heteroatoms. The van der Waals surface area contributed by atoms with Gasteiger partial charge in [0, 0.05) is 63.5 Å². The smallest absolute Gasteiger partial charge is 0.329 e. The number of anilines is 1. The number of piperidine rings is 1. The summed E-state index contributed by atoms with van der Waals surface area (Å²) in [7, 11) is 4.51. The van der Waals surface area contributed by atoms with E-state index in [0.29, 0.717) is 68.4 Å². The van der Waals surface area contributed by atoms with Gasteiger partial charge in [-0.1, -0.05) is 64.4 Å². The molecule has 1 amide bonds. The van der Waals surface area contributed by atoms with Gasteiger partial charge in [0.15, 0.2) is 5.78 Å². The molecule has 3 N–H and O–H groups in total. The minimum absolute atomic E-state index is 0.0650. The average Bonchev–Trinajstić information content (AvgIpc) is 3.39. The zero-order chi connectivity index (χ0) is 55.1. The lowest BCUT2D eigenvalue weighted by Gasteiger charge is -2.43. The van der Waals surface area contributed by atoms with Gasteiger partial charge in [0.05, 0.1) is 36.1 Å². The van der Waals surface area contributed by atoms with E-state index in [-0.39, 0.29) is 67.3 Å². The number of hydrogen-bond acceptors (Lipinski definition) is 15. The summed E-state index contributed by atoms with van der Waals surface area (Å²) in [6.45, 7) is 14.6. The minimum Gasteiger partial charge on any atom is -0.460 e. The summed E-state index contributed by atoms with van der Waals surface area (Å²) in [4.78, 5) is 79.9. The van der Waals surface area contributed by atoms with E-state index in [2.05, 4.69) is 6.08 Å². The van der Waals surface area contributed by atoms with Crippen LogP contribution in [0, 0.1) is 42.4 Å². The molecule has 1 aromatic carbocycles. The van der Waals surface area contributed by atoms with Crippen molar-refractivity contribution < 1.29 is 67.8 Å². The Morgan fingerprint density at radius 2 is 1.59 bits per heavy atom. The number of ether oxygens (including phenoxy) is 5. The molecular weight excluding hydrogens is 984 g/mol. The van der Waals surface area contributed by atoms with Crippen LogP contribution in [-0.4, -0.2) is 144 Å². The van der Waals surface area contributed by atoms with Crippen LogP contribution < -0.4 is 5.06 Å².